The average Bonchev–Trinajstić information content (AvgIpc) is 3.34. The Labute approximate surface area is 152 Å². The molecule has 6 nitrogen and oxygen atoms in total. The summed E-state index contributed by atoms with van der Waals surface area (Å²) in [5.41, 5.74) is 2.38. The van der Waals surface area contributed by atoms with E-state index in [0.717, 1.165) is 17.6 Å². The summed E-state index contributed by atoms with van der Waals surface area (Å²) in [6.45, 7) is 9.08. The highest BCUT2D eigenvalue weighted by atomic mass is 16.6. The molecule has 1 aliphatic heterocycles. The normalized spacial score (nSPS) is 34.0. The molecule has 2 fully saturated rings. The highest BCUT2D eigenvalue weighted by Crippen LogP contribution is 2.52. The molecule has 3 aliphatic rings. The molecule has 26 heavy (non-hydrogen) atoms. The summed E-state index contributed by atoms with van der Waals surface area (Å²) in [6, 6.07) is 0. The Morgan fingerprint density at radius 2 is 2.12 bits per heavy atom. The molecule has 1 saturated heterocycles. The standard InChI is InChI=1S/C20H24O6/c1-10-6-16-18(12(3)19(23)25-16)17(7-11(2)15-8-14(10)15)26-20(24)13(9-22)4-5-21/h4,6,14-18,21-22H,2-3,5,7-9H2,1H3. The zero-order valence-corrected chi connectivity index (χ0v) is 14.8. The van der Waals surface area contributed by atoms with Crippen molar-refractivity contribution in [1.29, 1.82) is 0 Å². The third-order valence-corrected chi connectivity index (χ3v) is 5.48. The van der Waals surface area contributed by atoms with Crippen molar-refractivity contribution in [2.45, 2.75) is 32.0 Å². The Bertz CT molecular complexity index is 716. The van der Waals surface area contributed by atoms with Gasteiger partial charge in [0.2, 0.25) is 0 Å². The maximum absolute atomic E-state index is 12.4. The van der Waals surface area contributed by atoms with Crippen LogP contribution in [0.4, 0.5) is 0 Å². The Balaban J connectivity index is 1.91. The summed E-state index contributed by atoms with van der Waals surface area (Å²) in [5.74, 6) is -0.966. The molecule has 0 radical (unpaired) electrons. The molecular weight excluding hydrogens is 336 g/mol. The fraction of sp³-hybridized carbons (Fsp3) is 0.500. The molecular formula is C20H24O6. The van der Waals surface area contributed by atoms with Crippen molar-refractivity contribution < 1.29 is 29.3 Å². The molecule has 2 N–H and O–H groups in total. The molecule has 0 spiro atoms. The molecule has 3 rings (SSSR count). The largest absolute Gasteiger partial charge is 0.458 e. The highest BCUT2D eigenvalue weighted by Gasteiger charge is 2.49. The van der Waals surface area contributed by atoms with Gasteiger partial charge in [0.05, 0.1) is 24.7 Å². The number of ether oxygens (including phenoxy) is 2. The van der Waals surface area contributed by atoms with Crippen LogP contribution in [0.5, 0.6) is 0 Å². The second-order valence-electron chi connectivity index (χ2n) is 7.16. The molecule has 0 bridgehead atoms. The molecule has 0 amide bonds. The molecule has 1 heterocycles. The Morgan fingerprint density at radius 1 is 1.38 bits per heavy atom. The van der Waals surface area contributed by atoms with Crippen molar-refractivity contribution >= 4 is 11.9 Å². The van der Waals surface area contributed by atoms with Gasteiger partial charge in [0, 0.05) is 12.0 Å². The number of esters is 2. The highest BCUT2D eigenvalue weighted by molar-refractivity contribution is 5.92. The van der Waals surface area contributed by atoms with Gasteiger partial charge in [0.1, 0.15) is 12.2 Å². The van der Waals surface area contributed by atoms with Crippen LogP contribution >= 0.6 is 0 Å². The third kappa shape index (κ3) is 3.39. The number of carbonyl (C=O) groups excluding carboxylic acids is 2. The van der Waals surface area contributed by atoms with Crippen molar-refractivity contribution in [3.05, 3.63) is 47.6 Å². The first-order valence-electron chi connectivity index (χ1n) is 8.74. The SMILES string of the molecule is C=C1CC(OC(=O)C(=CCO)CO)C2C(=C)C(=O)OC2C=C(C)C2CC12. The van der Waals surface area contributed by atoms with E-state index in [1.54, 1.807) is 0 Å². The number of aliphatic hydroxyl groups excluding tert-OH is 2. The van der Waals surface area contributed by atoms with Gasteiger partial charge in [-0.05, 0) is 37.3 Å². The molecule has 0 aromatic rings. The topological polar surface area (TPSA) is 93.1 Å². The van der Waals surface area contributed by atoms with Crippen molar-refractivity contribution in [1.82, 2.24) is 0 Å². The minimum absolute atomic E-state index is 0.0265. The zero-order valence-electron chi connectivity index (χ0n) is 14.8. The predicted octanol–water partition coefficient (Wildman–Crippen LogP) is 1.45. The van der Waals surface area contributed by atoms with Gasteiger partial charge in [-0.3, -0.25) is 0 Å². The Morgan fingerprint density at radius 3 is 2.77 bits per heavy atom. The molecule has 0 aromatic heterocycles. The molecule has 5 atom stereocenters. The second kappa shape index (κ2) is 7.21. The van der Waals surface area contributed by atoms with Crippen LogP contribution in [0.1, 0.15) is 19.8 Å². The lowest BCUT2D eigenvalue weighted by Gasteiger charge is -2.26. The molecule has 1 saturated carbocycles. The number of hydrogen-bond acceptors (Lipinski definition) is 6. The smallest absolute Gasteiger partial charge is 0.336 e. The van der Waals surface area contributed by atoms with Gasteiger partial charge < -0.3 is 19.7 Å². The fourth-order valence-electron chi connectivity index (χ4n) is 3.90. The van der Waals surface area contributed by atoms with Gasteiger partial charge in [-0.25, -0.2) is 9.59 Å². The van der Waals surface area contributed by atoms with Crippen LogP contribution in [0.3, 0.4) is 0 Å². The summed E-state index contributed by atoms with van der Waals surface area (Å²) in [6.07, 6.45) is 3.34. The van der Waals surface area contributed by atoms with Crippen LogP contribution in [0.25, 0.3) is 0 Å². The van der Waals surface area contributed by atoms with Crippen molar-refractivity contribution in [3.63, 3.8) is 0 Å². The van der Waals surface area contributed by atoms with E-state index < -0.39 is 36.7 Å². The number of rotatable bonds is 4. The zero-order chi connectivity index (χ0) is 19.0. The van der Waals surface area contributed by atoms with Crippen LogP contribution in [-0.2, 0) is 19.1 Å². The van der Waals surface area contributed by atoms with E-state index in [2.05, 4.69) is 13.2 Å². The maximum atomic E-state index is 12.4. The van der Waals surface area contributed by atoms with Gasteiger partial charge in [-0.2, -0.15) is 0 Å². The monoisotopic (exact) mass is 360 g/mol. The van der Waals surface area contributed by atoms with Crippen LogP contribution in [0, 0.1) is 17.8 Å². The summed E-state index contributed by atoms with van der Waals surface area (Å²) < 4.78 is 11.1. The van der Waals surface area contributed by atoms with Gasteiger partial charge in [0.15, 0.2) is 0 Å². The van der Waals surface area contributed by atoms with E-state index in [1.165, 1.54) is 6.08 Å². The van der Waals surface area contributed by atoms with Crippen LogP contribution in [-0.4, -0.2) is 47.6 Å². The Hall–Kier alpha value is -2.18. The summed E-state index contributed by atoms with van der Waals surface area (Å²) in [5, 5.41) is 18.3. The summed E-state index contributed by atoms with van der Waals surface area (Å²) in [7, 11) is 0. The number of carbonyl (C=O) groups is 2. The maximum Gasteiger partial charge on any atom is 0.336 e. The number of aliphatic hydroxyl groups is 2. The number of hydrogen-bond donors (Lipinski definition) is 2. The van der Waals surface area contributed by atoms with E-state index in [9.17, 15) is 14.7 Å². The van der Waals surface area contributed by atoms with Gasteiger partial charge in [0.25, 0.3) is 0 Å². The summed E-state index contributed by atoms with van der Waals surface area (Å²) >= 11 is 0. The molecule has 2 aliphatic carbocycles. The first kappa shape index (κ1) is 18.6. The van der Waals surface area contributed by atoms with Crippen molar-refractivity contribution in [3.8, 4) is 0 Å². The third-order valence-electron chi connectivity index (χ3n) is 5.48. The van der Waals surface area contributed by atoms with Gasteiger partial charge in [-0.1, -0.05) is 24.3 Å². The first-order valence-corrected chi connectivity index (χ1v) is 8.74. The lowest BCUT2D eigenvalue weighted by Crippen LogP contribution is -2.34. The van der Waals surface area contributed by atoms with Crippen molar-refractivity contribution in [2.75, 3.05) is 13.2 Å². The quantitative estimate of drug-likeness (QED) is 0.448. The van der Waals surface area contributed by atoms with E-state index >= 15 is 0 Å². The fourth-order valence-corrected chi connectivity index (χ4v) is 3.90. The molecule has 5 unspecified atom stereocenters. The average molecular weight is 360 g/mol. The van der Waals surface area contributed by atoms with Crippen LogP contribution in [0.15, 0.2) is 47.6 Å². The lowest BCUT2D eigenvalue weighted by molar-refractivity contribution is -0.147. The minimum atomic E-state index is -0.724. The predicted molar refractivity (Wildman–Crippen MR) is 93.8 cm³/mol. The van der Waals surface area contributed by atoms with Gasteiger partial charge in [-0.15, -0.1) is 0 Å². The number of allylic oxidation sites excluding steroid dienone is 1. The first-order chi connectivity index (χ1) is 12.4. The van der Waals surface area contributed by atoms with E-state index in [-0.39, 0.29) is 17.8 Å². The van der Waals surface area contributed by atoms with E-state index in [0.29, 0.717) is 18.3 Å². The van der Waals surface area contributed by atoms with Crippen LogP contribution in [0.2, 0.25) is 0 Å². The molecule has 6 heteroatoms. The lowest BCUT2D eigenvalue weighted by atomic mass is 9.87. The van der Waals surface area contributed by atoms with Crippen molar-refractivity contribution in [2.24, 2.45) is 17.8 Å². The minimum Gasteiger partial charge on any atom is -0.458 e. The van der Waals surface area contributed by atoms with E-state index in [1.807, 2.05) is 13.0 Å². The van der Waals surface area contributed by atoms with Gasteiger partial charge >= 0.3 is 11.9 Å². The molecule has 140 valence electrons. The number of fused-ring (bicyclic) bond motifs is 2. The molecule has 0 aromatic carbocycles. The summed E-state index contributed by atoms with van der Waals surface area (Å²) in [4.78, 5) is 24.5. The Kier molecular flexibility index (Phi) is 5.16. The van der Waals surface area contributed by atoms with E-state index in [4.69, 9.17) is 14.6 Å². The second-order valence-corrected chi connectivity index (χ2v) is 7.16. The van der Waals surface area contributed by atoms with Crippen LogP contribution < -0.4 is 0 Å².